The van der Waals surface area contributed by atoms with Crippen LogP contribution in [0, 0.1) is 0 Å². The monoisotopic (exact) mass is 377 g/mol. The Morgan fingerprint density at radius 3 is 2.88 bits per heavy atom. The standard InChI is InChI=1S/C15H15N5O3S2/c1-7(20-11(21)6-24-15(20)23)13(22)18-14-17-12-8-5-16-19(2)9(8)3-4-10(12)25-14/h5,7H,3-4,6H2,1-2H3,(H,17,18,22)/t7-/m1/s1. The predicted octanol–water partition coefficient (Wildman–Crippen LogP) is 1.66. The minimum Gasteiger partial charge on any atom is -0.300 e. The molecular formula is C15H15N5O3S2. The molecule has 4 rings (SSSR count). The second-order valence-electron chi connectivity index (χ2n) is 5.90. The molecule has 1 aliphatic carbocycles. The first-order valence-electron chi connectivity index (χ1n) is 7.76. The molecule has 0 spiro atoms. The maximum absolute atomic E-state index is 12.4. The van der Waals surface area contributed by atoms with Gasteiger partial charge in [0.1, 0.15) is 6.04 Å². The lowest BCUT2D eigenvalue weighted by Gasteiger charge is -2.20. The summed E-state index contributed by atoms with van der Waals surface area (Å²) in [5, 5.41) is 7.11. The van der Waals surface area contributed by atoms with Crippen LogP contribution in [0.5, 0.6) is 0 Å². The second-order valence-corrected chi connectivity index (χ2v) is 7.91. The molecule has 0 saturated carbocycles. The van der Waals surface area contributed by atoms with Crippen molar-refractivity contribution in [3.8, 4) is 11.3 Å². The number of hydrogen-bond donors (Lipinski definition) is 1. The highest BCUT2D eigenvalue weighted by Crippen LogP contribution is 2.37. The highest BCUT2D eigenvalue weighted by atomic mass is 32.2. The maximum atomic E-state index is 12.4. The molecule has 1 N–H and O–H groups in total. The second kappa shape index (κ2) is 5.95. The lowest BCUT2D eigenvalue weighted by Crippen LogP contribution is -2.44. The summed E-state index contributed by atoms with van der Waals surface area (Å²) in [6, 6.07) is -0.857. The van der Waals surface area contributed by atoms with Gasteiger partial charge in [0.2, 0.25) is 11.8 Å². The Morgan fingerprint density at radius 2 is 2.16 bits per heavy atom. The number of nitrogens with zero attached hydrogens (tertiary/aromatic N) is 4. The Balaban J connectivity index is 1.55. The minimum atomic E-state index is -0.857. The largest absolute Gasteiger partial charge is 0.300 e. The maximum Gasteiger partial charge on any atom is 0.289 e. The van der Waals surface area contributed by atoms with Gasteiger partial charge >= 0.3 is 0 Å². The summed E-state index contributed by atoms with van der Waals surface area (Å²) >= 11 is 2.34. The van der Waals surface area contributed by atoms with Crippen LogP contribution in [0.4, 0.5) is 9.93 Å². The van der Waals surface area contributed by atoms with E-state index in [1.807, 2.05) is 11.7 Å². The fourth-order valence-electron chi connectivity index (χ4n) is 3.04. The zero-order chi connectivity index (χ0) is 17.7. The summed E-state index contributed by atoms with van der Waals surface area (Å²) in [5.74, 6) is -0.663. The molecule has 1 aliphatic heterocycles. The molecule has 2 aromatic rings. The van der Waals surface area contributed by atoms with E-state index in [0.29, 0.717) is 5.13 Å². The summed E-state index contributed by atoms with van der Waals surface area (Å²) in [6.07, 6.45) is 3.53. The van der Waals surface area contributed by atoms with Crippen molar-refractivity contribution in [2.24, 2.45) is 7.05 Å². The molecule has 1 saturated heterocycles. The number of thioether (sulfide) groups is 1. The van der Waals surface area contributed by atoms with Crippen LogP contribution in [-0.2, 0) is 29.5 Å². The van der Waals surface area contributed by atoms with Crippen LogP contribution in [0.3, 0.4) is 0 Å². The summed E-state index contributed by atoms with van der Waals surface area (Å²) < 4.78 is 1.85. The third kappa shape index (κ3) is 2.65. The van der Waals surface area contributed by atoms with Crippen LogP contribution in [0.2, 0.25) is 0 Å². The van der Waals surface area contributed by atoms with E-state index in [1.54, 1.807) is 13.1 Å². The van der Waals surface area contributed by atoms with Crippen LogP contribution >= 0.6 is 23.1 Å². The molecule has 10 heteroatoms. The number of nitrogens with one attached hydrogen (secondary N) is 1. The number of carbonyl (C=O) groups excluding carboxylic acids is 3. The number of carbonyl (C=O) groups is 3. The van der Waals surface area contributed by atoms with E-state index in [1.165, 1.54) is 11.3 Å². The van der Waals surface area contributed by atoms with Crippen LogP contribution < -0.4 is 5.32 Å². The average Bonchev–Trinajstić information content (AvgIpc) is 3.24. The third-order valence-electron chi connectivity index (χ3n) is 4.38. The highest BCUT2D eigenvalue weighted by Gasteiger charge is 2.37. The molecule has 2 aliphatic rings. The Morgan fingerprint density at radius 1 is 1.36 bits per heavy atom. The molecule has 0 unspecified atom stereocenters. The van der Waals surface area contributed by atoms with E-state index in [0.717, 1.165) is 51.3 Å². The molecule has 1 atom stereocenters. The van der Waals surface area contributed by atoms with Gasteiger partial charge in [-0.25, -0.2) is 4.98 Å². The minimum absolute atomic E-state index is 0.0891. The number of amides is 3. The summed E-state index contributed by atoms with van der Waals surface area (Å²) in [5.41, 5.74) is 2.98. The van der Waals surface area contributed by atoms with Gasteiger partial charge in [-0.05, 0) is 19.8 Å². The lowest BCUT2D eigenvalue weighted by atomic mass is 10.0. The van der Waals surface area contributed by atoms with Crippen molar-refractivity contribution in [3.63, 3.8) is 0 Å². The Kier molecular flexibility index (Phi) is 3.88. The van der Waals surface area contributed by atoms with Crippen LogP contribution in [0.1, 0.15) is 17.5 Å². The van der Waals surface area contributed by atoms with Gasteiger partial charge < -0.3 is 5.32 Å². The number of fused-ring (bicyclic) bond motifs is 3. The van der Waals surface area contributed by atoms with Gasteiger partial charge in [0.15, 0.2) is 5.13 Å². The molecule has 3 amide bonds. The van der Waals surface area contributed by atoms with Gasteiger partial charge in [-0.3, -0.25) is 24.0 Å². The van der Waals surface area contributed by atoms with Gasteiger partial charge in [0, 0.05) is 23.2 Å². The quantitative estimate of drug-likeness (QED) is 0.874. The van der Waals surface area contributed by atoms with Gasteiger partial charge in [0.05, 0.1) is 17.6 Å². The number of rotatable bonds is 3. The SMILES string of the molecule is C[C@H](C(=O)Nc1nc2c(s1)CCc1c-2cnn1C)N1C(=O)CSC1=O. The summed E-state index contributed by atoms with van der Waals surface area (Å²) in [4.78, 5) is 42.6. The van der Waals surface area contributed by atoms with E-state index in [9.17, 15) is 14.4 Å². The summed E-state index contributed by atoms with van der Waals surface area (Å²) in [6.45, 7) is 1.55. The molecule has 25 heavy (non-hydrogen) atoms. The predicted molar refractivity (Wildman–Crippen MR) is 94.5 cm³/mol. The van der Waals surface area contributed by atoms with E-state index in [-0.39, 0.29) is 16.9 Å². The fourth-order valence-corrected chi connectivity index (χ4v) is 4.80. The molecular weight excluding hydrogens is 362 g/mol. The number of thiazole rings is 1. The lowest BCUT2D eigenvalue weighted by molar-refractivity contribution is -0.131. The zero-order valence-electron chi connectivity index (χ0n) is 13.6. The number of anilines is 1. The van der Waals surface area contributed by atoms with Crippen LogP contribution in [-0.4, -0.2) is 48.5 Å². The van der Waals surface area contributed by atoms with Gasteiger partial charge in [-0.15, -0.1) is 11.3 Å². The van der Waals surface area contributed by atoms with E-state index >= 15 is 0 Å². The van der Waals surface area contributed by atoms with Gasteiger partial charge in [0.25, 0.3) is 5.24 Å². The Labute approximate surface area is 151 Å². The van der Waals surface area contributed by atoms with Crippen molar-refractivity contribution >= 4 is 45.3 Å². The molecule has 8 nitrogen and oxygen atoms in total. The van der Waals surface area contributed by atoms with Crippen LogP contribution in [0.25, 0.3) is 11.3 Å². The van der Waals surface area contributed by atoms with Crippen molar-refractivity contribution in [2.75, 3.05) is 11.1 Å². The van der Waals surface area contributed by atoms with Crippen LogP contribution in [0.15, 0.2) is 6.20 Å². The molecule has 1 fully saturated rings. The molecule has 3 heterocycles. The van der Waals surface area contributed by atoms with Crippen molar-refractivity contribution in [1.29, 1.82) is 0 Å². The number of aromatic nitrogens is 3. The van der Waals surface area contributed by atoms with Crippen molar-refractivity contribution in [3.05, 3.63) is 16.8 Å². The van der Waals surface area contributed by atoms with Gasteiger partial charge in [-0.2, -0.15) is 5.10 Å². The fraction of sp³-hybridized carbons (Fsp3) is 0.400. The van der Waals surface area contributed by atoms with Crippen molar-refractivity contribution < 1.29 is 14.4 Å². The first-order chi connectivity index (χ1) is 12.0. The molecule has 0 aromatic carbocycles. The highest BCUT2D eigenvalue weighted by molar-refractivity contribution is 8.14. The number of hydrogen-bond acceptors (Lipinski definition) is 7. The summed E-state index contributed by atoms with van der Waals surface area (Å²) in [7, 11) is 1.91. The topological polar surface area (TPSA) is 97.2 Å². The Bertz CT molecular complexity index is 887. The van der Waals surface area contributed by atoms with Crippen molar-refractivity contribution in [1.82, 2.24) is 19.7 Å². The van der Waals surface area contributed by atoms with E-state index in [4.69, 9.17) is 0 Å². The first kappa shape index (κ1) is 16.3. The third-order valence-corrected chi connectivity index (χ3v) is 6.25. The van der Waals surface area contributed by atoms with Gasteiger partial charge in [-0.1, -0.05) is 11.8 Å². The van der Waals surface area contributed by atoms with E-state index in [2.05, 4.69) is 15.4 Å². The Hall–Kier alpha value is -2.20. The molecule has 0 bridgehead atoms. The first-order valence-corrected chi connectivity index (χ1v) is 9.56. The molecule has 130 valence electrons. The molecule has 2 aromatic heterocycles. The van der Waals surface area contributed by atoms with Crippen molar-refractivity contribution in [2.45, 2.75) is 25.8 Å². The number of imide groups is 1. The van der Waals surface area contributed by atoms with E-state index < -0.39 is 11.9 Å². The normalized spacial score (nSPS) is 17.4. The number of aryl methyl sites for hydroxylation is 2. The average molecular weight is 377 g/mol. The molecule has 0 radical (unpaired) electrons. The smallest absolute Gasteiger partial charge is 0.289 e. The zero-order valence-corrected chi connectivity index (χ0v) is 15.2.